The van der Waals surface area contributed by atoms with E-state index in [0.717, 1.165) is 29.5 Å². The van der Waals surface area contributed by atoms with Gasteiger partial charge in [-0.1, -0.05) is 66.9 Å². The highest BCUT2D eigenvalue weighted by molar-refractivity contribution is 6.30. The Bertz CT molecular complexity index is 1220. The van der Waals surface area contributed by atoms with Crippen LogP contribution in [0.4, 0.5) is 0 Å². The molecule has 38 heavy (non-hydrogen) atoms. The average Bonchev–Trinajstić information content (AvgIpc) is 2.93. The molecule has 0 aromatic heterocycles. The van der Waals surface area contributed by atoms with Gasteiger partial charge in [0.05, 0.1) is 39.5 Å². The van der Waals surface area contributed by atoms with Crippen LogP contribution in [0.25, 0.3) is 0 Å². The fourth-order valence-corrected chi connectivity index (χ4v) is 5.26. The van der Waals surface area contributed by atoms with E-state index in [0.29, 0.717) is 34.8 Å². The van der Waals surface area contributed by atoms with Crippen molar-refractivity contribution in [2.45, 2.75) is 44.6 Å². The fraction of sp³-hybridized carbons (Fsp3) is 0.367. The number of amides is 1. The van der Waals surface area contributed by atoms with Crippen LogP contribution in [0, 0.1) is 0 Å². The lowest BCUT2D eigenvalue weighted by Gasteiger charge is -2.45. The number of nitrogens with zero attached hydrogens (tertiary/aromatic N) is 1. The summed E-state index contributed by atoms with van der Waals surface area (Å²) in [5, 5.41) is 1.25. The van der Waals surface area contributed by atoms with Crippen molar-refractivity contribution >= 4 is 29.1 Å². The highest BCUT2D eigenvalue weighted by atomic mass is 35.5. The van der Waals surface area contributed by atoms with Crippen LogP contribution in [0.15, 0.2) is 66.7 Å². The van der Waals surface area contributed by atoms with Crippen LogP contribution >= 0.6 is 23.2 Å². The number of ether oxygens (including phenoxy) is 4. The van der Waals surface area contributed by atoms with Crippen LogP contribution in [-0.2, 0) is 20.9 Å². The molecule has 1 saturated heterocycles. The fourth-order valence-electron chi connectivity index (χ4n) is 4.94. The molecule has 1 unspecified atom stereocenters. The van der Waals surface area contributed by atoms with Crippen LogP contribution in [0.3, 0.4) is 0 Å². The molecule has 0 spiro atoms. The maximum atomic E-state index is 13.5. The molecule has 3 atom stereocenters. The summed E-state index contributed by atoms with van der Waals surface area (Å²) in [7, 11) is 3.22. The molecule has 1 aliphatic rings. The van der Waals surface area contributed by atoms with Gasteiger partial charge in [0, 0.05) is 10.0 Å². The summed E-state index contributed by atoms with van der Waals surface area (Å²) in [6.45, 7) is 2.85. The van der Waals surface area contributed by atoms with Crippen LogP contribution in [0.5, 0.6) is 11.5 Å². The third kappa shape index (κ3) is 6.62. The van der Waals surface area contributed by atoms with Gasteiger partial charge in [-0.15, -0.1) is 0 Å². The number of halogens is 2. The minimum atomic E-state index is -0.391. The number of hydrogen-bond donors (Lipinski definition) is 0. The number of rotatable bonds is 11. The van der Waals surface area contributed by atoms with E-state index in [1.807, 2.05) is 71.6 Å². The standard InChI is InChI=1S/C30H33Cl2NO5/c1-4-6-25(18-37-17-20-9-14-26(35-2)27(15-20)36-3)33-28(34)19-38-30(22-7-5-8-24(32)16-22)29(33)21-10-12-23(31)13-11-21/h5,7-16,25,29-30H,4,6,17-19H2,1-3H3/t25?,29-,30-/m1/s1. The first-order valence-electron chi connectivity index (χ1n) is 12.7. The molecule has 1 fully saturated rings. The van der Waals surface area contributed by atoms with Gasteiger partial charge in [0.15, 0.2) is 11.5 Å². The largest absolute Gasteiger partial charge is 0.493 e. The monoisotopic (exact) mass is 557 g/mol. The predicted octanol–water partition coefficient (Wildman–Crippen LogP) is 7.04. The van der Waals surface area contributed by atoms with Crippen molar-refractivity contribution in [3.8, 4) is 11.5 Å². The normalized spacial score (nSPS) is 18.3. The molecule has 0 radical (unpaired) electrons. The molecule has 1 amide bonds. The maximum Gasteiger partial charge on any atom is 0.249 e. The van der Waals surface area contributed by atoms with Crippen molar-refractivity contribution in [1.82, 2.24) is 4.90 Å². The van der Waals surface area contributed by atoms with E-state index in [2.05, 4.69) is 6.92 Å². The Morgan fingerprint density at radius 1 is 0.947 bits per heavy atom. The Morgan fingerprint density at radius 3 is 2.39 bits per heavy atom. The minimum Gasteiger partial charge on any atom is -0.493 e. The molecule has 3 aromatic rings. The van der Waals surface area contributed by atoms with Crippen molar-refractivity contribution in [2.24, 2.45) is 0 Å². The Kier molecular flexibility index (Phi) is 9.91. The molecule has 6 nitrogen and oxygen atoms in total. The average molecular weight is 559 g/mol. The lowest BCUT2D eigenvalue weighted by molar-refractivity contribution is -0.166. The SMILES string of the molecule is CCCC(COCc1ccc(OC)c(OC)c1)N1C(=O)CO[C@H](c2cccc(Cl)c2)[C@H]1c1ccc(Cl)cc1. The van der Waals surface area contributed by atoms with Crippen molar-refractivity contribution in [3.05, 3.63) is 93.5 Å². The number of methoxy groups -OCH3 is 2. The van der Waals surface area contributed by atoms with Crippen LogP contribution in [-0.4, -0.2) is 44.3 Å². The van der Waals surface area contributed by atoms with Gasteiger partial charge in [-0.2, -0.15) is 0 Å². The van der Waals surface area contributed by atoms with E-state index in [1.54, 1.807) is 14.2 Å². The van der Waals surface area contributed by atoms with Gasteiger partial charge in [0.1, 0.15) is 12.7 Å². The second-order valence-electron chi connectivity index (χ2n) is 9.23. The minimum absolute atomic E-state index is 0.0167. The number of carbonyl (C=O) groups excluding carboxylic acids is 1. The van der Waals surface area contributed by atoms with Crippen molar-refractivity contribution in [1.29, 1.82) is 0 Å². The van der Waals surface area contributed by atoms with Crippen molar-refractivity contribution < 1.29 is 23.7 Å². The molecule has 4 rings (SSSR count). The summed E-state index contributed by atoms with van der Waals surface area (Å²) in [5.74, 6) is 1.24. The zero-order chi connectivity index (χ0) is 27.1. The molecule has 0 aliphatic carbocycles. The molecule has 0 saturated carbocycles. The van der Waals surface area contributed by atoms with Gasteiger partial charge < -0.3 is 23.8 Å². The molecule has 1 heterocycles. The summed E-state index contributed by atoms with van der Waals surface area (Å²) in [4.78, 5) is 15.4. The molecule has 0 bridgehead atoms. The molecule has 3 aromatic carbocycles. The quantitative estimate of drug-likeness (QED) is 0.253. The van der Waals surface area contributed by atoms with Gasteiger partial charge >= 0.3 is 0 Å². The Hall–Kier alpha value is -2.77. The predicted molar refractivity (Wildman–Crippen MR) is 149 cm³/mol. The molecular formula is C30H33Cl2NO5. The topological polar surface area (TPSA) is 57.2 Å². The number of morpholine rings is 1. The van der Waals surface area contributed by atoms with Gasteiger partial charge in [0.2, 0.25) is 5.91 Å². The first-order chi connectivity index (χ1) is 18.4. The molecule has 0 N–H and O–H groups in total. The second-order valence-corrected chi connectivity index (χ2v) is 10.1. The number of carbonyl (C=O) groups is 1. The van der Waals surface area contributed by atoms with Crippen LogP contribution in [0.1, 0.15) is 48.6 Å². The van der Waals surface area contributed by atoms with E-state index in [4.69, 9.17) is 42.1 Å². The maximum absolute atomic E-state index is 13.5. The Labute approximate surface area is 234 Å². The highest BCUT2D eigenvalue weighted by Gasteiger charge is 2.42. The third-order valence-electron chi connectivity index (χ3n) is 6.69. The Morgan fingerprint density at radius 2 is 1.71 bits per heavy atom. The van der Waals surface area contributed by atoms with Crippen molar-refractivity contribution in [3.63, 3.8) is 0 Å². The summed E-state index contributed by atoms with van der Waals surface area (Å²) in [6, 6.07) is 20.4. The lowest BCUT2D eigenvalue weighted by Crippen LogP contribution is -2.52. The number of benzene rings is 3. The zero-order valence-electron chi connectivity index (χ0n) is 21.9. The zero-order valence-corrected chi connectivity index (χ0v) is 23.4. The molecule has 202 valence electrons. The summed E-state index contributed by atoms with van der Waals surface area (Å²) in [6.07, 6.45) is 1.28. The lowest BCUT2D eigenvalue weighted by atomic mass is 9.91. The first kappa shape index (κ1) is 28.2. The third-order valence-corrected chi connectivity index (χ3v) is 7.18. The van der Waals surface area contributed by atoms with E-state index < -0.39 is 6.10 Å². The molecular weight excluding hydrogens is 525 g/mol. The van der Waals surface area contributed by atoms with E-state index in [9.17, 15) is 4.79 Å². The number of hydrogen-bond acceptors (Lipinski definition) is 5. The van der Waals surface area contributed by atoms with E-state index >= 15 is 0 Å². The van der Waals surface area contributed by atoms with Crippen LogP contribution in [0.2, 0.25) is 10.0 Å². The van der Waals surface area contributed by atoms with Gasteiger partial charge in [-0.3, -0.25) is 4.79 Å². The van der Waals surface area contributed by atoms with Gasteiger partial charge in [-0.25, -0.2) is 0 Å². The second kappa shape index (κ2) is 13.3. The summed E-state index contributed by atoms with van der Waals surface area (Å²) >= 11 is 12.5. The first-order valence-corrected chi connectivity index (χ1v) is 13.4. The highest BCUT2D eigenvalue weighted by Crippen LogP contribution is 2.42. The molecule has 1 aliphatic heterocycles. The van der Waals surface area contributed by atoms with Gasteiger partial charge in [-0.05, 0) is 59.5 Å². The molecule has 8 heteroatoms. The van der Waals surface area contributed by atoms with Crippen LogP contribution < -0.4 is 9.47 Å². The Balaban J connectivity index is 1.62. The van der Waals surface area contributed by atoms with E-state index in [1.165, 1.54) is 0 Å². The van der Waals surface area contributed by atoms with Gasteiger partial charge in [0.25, 0.3) is 0 Å². The summed E-state index contributed by atoms with van der Waals surface area (Å²) < 4.78 is 23.1. The van der Waals surface area contributed by atoms with Crippen molar-refractivity contribution in [2.75, 3.05) is 27.4 Å². The van der Waals surface area contributed by atoms with E-state index in [-0.39, 0.29) is 24.6 Å². The smallest absolute Gasteiger partial charge is 0.249 e. The summed E-state index contributed by atoms with van der Waals surface area (Å²) in [5.41, 5.74) is 2.81.